The third kappa shape index (κ3) is 9.64. The maximum atomic E-state index is 10.4. The number of quaternary nitrogens is 1. The fourth-order valence-corrected chi connectivity index (χ4v) is 2.72. The Morgan fingerprint density at radius 1 is 1.19 bits per heavy atom. The van der Waals surface area contributed by atoms with Crippen molar-refractivity contribution in [2.24, 2.45) is 0 Å². The van der Waals surface area contributed by atoms with E-state index in [2.05, 4.69) is 32.9 Å². The van der Waals surface area contributed by atoms with Crippen molar-refractivity contribution in [2.75, 3.05) is 26.2 Å². The zero-order chi connectivity index (χ0) is 16.1. The standard InChI is InChI=1S/C17H33NO3/c1-4-7-8-9-12-16(19)15-18(5-2,6-3)14-11-10-13-17(20)21/h7-8,16,19H,4-6,9-15H2,1-3H3/b8-7+. The number of likely N-dealkylation sites (N-methyl/N-ethyl adjacent to an activating group) is 1. The van der Waals surface area contributed by atoms with Gasteiger partial charge in [-0.25, -0.2) is 0 Å². The third-order valence-corrected chi connectivity index (χ3v) is 4.27. The molecule has 0 spiro atoms. The molecule has 0 aliphatic rings. The van der Waals surface area contributed by atoms with Crippen molar-refractivity contribution in [3.63, 3.8) is 0 Å². The lowest BCUT2D eigenvalue weighted by molar-refractivity contribution is -0.928. The molecule has 0 heterocycles. The van der Waals surface area contributed by atoms with Gasteiger partial charge in [0, 0.05) is 5.97 Å². The number of carboxylic acids is 1. The Labute approximate surface area is 130 Å². The fourth-order valence-electron chi connectivity index (χ4n) is 2.72. The SMILES string of the molecule is CC/C=C/CCC(O)C[N+](CC)(CC)CCCCC(=O)[O-]. The van der Waals surface area contributed by atoms with E-state index >= 15 is 0 Å². The molecule has 0 aromatic rings. The van der Waals surface area contributed by atoms with Gasteiger partial charge in [-0.05, 0) is 52.4 Å². The Bertz CT molecular complexity index is 298. The maximum Gasteiger partial charge on any atom is 0.105 e. The molecule has 0 bridgehead atoms. The average molecular weight is 299 g/mol. The molecular weight excluding hydrogens is 266 g/mol. The van der Waals surface area contributed by atoms with Gasteiger partial charge in [-0.15, -0.1) is 0 Å². The van der Waals surface area contributed by atoms with Gasteiger partial charge in [0.05, 0.1) is 19.6 Å². The van der Waals surface area contributed by atoms with Crippen LogP contribution in [0.3, 0.4) is 0 Å². The predicted molar refractivity (Wildman–Crippen MR) is 84.6 cm³/mol. The van der Waals surface area contributed by atoms with E-state index in [-0.39, 0.29) is 12.5 Å². The number of aliphatic hydroxyl groups is 1. The predicted octanol–water partition coefficient (Wildman–Crippen LogP) is 1.87. The van der Waals surface area contributed by atoms with E-state index in [4.69, 9.17) is 0 Å². The summed E-state index contributed by atoms with van der Waals surface area (Å²) in [5, 5.41) is 20.7. The van der Waals surface area contributed by atoms with Gasteiger partial charge in [0.25, 0.3) is 0 Å². The van der Waals surface area contributed by atoms with E-state index in [9.17, 15) is 15.0 Å². The van der Waals surface area contributed by atoms with Crippen molar-refractivity contribution < 1.29 is 19.5 Å². The van der Waals surface area contributed by atoms with Crippen LogP contribution >= 0.6 is 0 Å². The highest BCUT2D eigenvalue weighted by Gasteiger charge is 2.26. The summed E-state index contributed by atoms with van der Waals surface area (Å²) in [6.07, 6.45) is 8.42. The minimum Gasteiger partial charge on any atom is -0.550 e. The number of aliphatic carboxylic acids is 1. The van der Waals surface area contributed by atoms with Gasteiger partial charge >= 0.3 is 0 Å². The van der Waals surface area contributed by atoms with E-state index in [1.807, 2.05) is 0 Å². The average Bonchev–Trinajstić information content (AvgIpc) is 2.46. The van der Waals surface area contributed by atoms with Crippen molar-refractivity contribution in [3.8, 4) is 0 Å². The molecule has 1 unspecified atom stereocenters. The lowest BCUT2D eigenvalue weighted by Gasteiger charge is -2.38. The Hall–Kier alpha value is -0.870. The third-order valence-electron chi connectivity index (χ3n) is 4.27. The summed E-state index contributed by atoms with van der Waals surface area (Å²) in [6.45, 7) is 10.0. The first-order valence-electron chi connectivity index (χ1n) is 8.37. The van der Waals surface area contributed by atoms with Crippen LogP contribution < -0.4 is 5.11 Å². The van der Waals surface area contributed by atoms with E-state index in [0.717, 1.165) is 56.3 Å². The molecule has 4 nitrogen and oxygen atoms in total. The van der Waals surface area contributed by atoms with E-state index < -0.39 is 5.97 Å². The Kier molecular flexibility index (Phi) is 11.3. The van der Waals surface area contributed by atoms with Crippen molar-refractivity contribution in [1.29, 1.82) is 0 Å². The molecule has 0 aromatic carbocycles. The molecule has 0 fully saturated rings. The molecule has 0 rings (SSSR count). The zero-order valence-corrected chi connectivity index (χ0v) is 14.0. The molecule has 0 saturated heterocycles. The summed E-state index contributed by atoms with van der Waals surface area (Å²) in [6, 6.07) is 0. The van der Waals surface area contributed by atoms with Crippen molar-refractivity contribution in [3.05, 3.63) is 12.2 Å². The molecular formula is C17H33NO3. The Balaban J connectivity index is 4.23. The first-order valence-corrected chi connectivity index (χ1v) is 8.37. The van der Waals surface area contributed by atoms with Crippen molar-refractivity contribution in [2.45, 2.75) is 65.4 Å². The lowest BCUT2D eigenvalue weighted by atomic mass is 10.1. The highest BCUT2D eigenvalue weighted by Crippen LogP contribution is 2.14. The number of hydrogen-bond donors (Lipinski definition) is 1. The van der Waals surface area contributed by atoms with Gasteiger partial charge < -0.3 is 19.5 Å². The van der Waals surface area contributed by atoms with Gasteiger partial charge in [-0.1, -0.05) is 19.1 Å². The zero-order valence-electron chi connectivity index (χ0n) is 14.0. The highest BCUT2D eigenvalue weighted by molar-refractivity contribution is 5.64. The summed E-state index contributed by atoms with van der Waals surface area (Å²) in [4.78, 5) is 10.4. The Morgan fingerprint density at radius 2 is 1.86 bits per heavy atom. The monoisotopic (exact) mass is 299 g/mol. The molecule has 0 saturated carbocycles. The van der Waals surface area contributed by atoms with E-state index in [1.165, 1.54) is 0 Å². The van der Waals surface area contributed by atoms with Crippen molar-refractivity contribution >= 4 is 5.97 Å². The van der Waals surface area contributed by atoms with Crippen LogP contribution in [0.15, 0.2) is 12.2 Å². The minimum atomic E-state index is -0.969. The second kappa shape index (κ2) is 11.8. The summed E-state index contributed by atoms with van der Waals surface area (Å²) in [5.41, 5.74) is 0. The lowest BCUT2D eigenvalue weighted by Crippen LogP contribution is -2.52. The van der Waals surface area contributed by atoms with Crippen LogP contribution in [0.25, 0.3) is 0 Å². The molecule has 1 atom stereocenters. The first kappa shape index (κ1) is 20.1. The number of unbranched alkanes of at least 4 members (excludes halogenated alkanes) is 1. The maximum absolute atomic E-state index is 10.4. The molecule has 0 aliphatic heterocycles. The van der Waals surface area contributed by atoms with E-state index in [0.29, 0.717) is 6.42 Å². The van der Waals surface area contributed by atoms with Crippen LogP contribution in [-0.4, -0.2) is 47.8 Å². The van der Waals surface area contributed by atoms with Crippen LogP contribution in [0, 0.1) is 0 Å². The second-order valence-corrected chi connectivity index (χ2v) is 5.82. The largest absolute Gasteiger partial charge is 0.550 e. The number of carbonyl (C=O) groups is 1. The topological polar surface area (TPSA) is 60.4 Å². The molecule has 0 radical (unpaired) electrons. The second-order valence-electron chi connectivity index (χ2n) is 5.82. The first-order chi connectivity index (χ1) is 9.99. The number of nitrogens with zero attached hydrogens (tertiary/aromatic N) is 1. The molecule has 21 heavy (non-hydrogen) atoms. The highest BCUT2D eigenvalue weighted by atomic mass is 16.4. The summed E-state index contributed by atoms with van der Waals surface area (Å²) in [5.74, 6) is -0.969. The summed E-state index contributed by atoms with van der Waals surface area (Å²) in [7, 11) is 0. The number of rotatable bonds is 13. The van der Waals surface area contributed by atoms with E-state index in [1.54, 1.807) is 0 Å². The van der Waals surface area contributed by atoms with Crippen LogP contribution in [0.2, 0.25) is 0 Å². The molecule has 0 aliphatic carbocycles. The molecule has 1 N–H and O–H groups in total. The fraction of sp³-hybridized carbons (Fsp3) is 0.824. The smallest absolute Gasteiger partial charge is 0.105 e. The van der Waals surface area contributed by atoms with Gasteiger partial charge in [0.15, 0.2) is 0 Å². The molecule has 4 heteroatoms. The van der Waals surface area contributed by atoms with Gasteiger partial charge in [0.2, 0.25) is 0 Å². The van der Waals surface area contributed by atoms with Crippen molar-refractivity contribution in [1.82, 2.24) is 0 Å². The van der Waals surface area contributed by atoms with Gasteiger partial charge in [-0.2, -0.15) is 0 Å². The van der Waals surface area contributed by atoms with Crippen LogP contribution in [0.1, 0.15) is 59.3 Å². The van der Waals surface area contributed by atoms with Crippen LogP contribution in [0.5, 0.6) is 0 Å². The summed E-state index contributed by atoms with van der Waals surface area (Å²) < 4.78 is 0.867. The molecule has 0 aromatic heterocycles. The number of allylic oxidation sites excluding steroid dienone is 2. The van der Waals surface area contributed by atoms with Crippen LogP contribution in [0.4, 0.5) is 0 Å². The number of hydrogen-bond acceptors (Lipinski definition) is 3. The molecule has 0 amide bonds. The summed E-state index contributed by atoms with van der Waals surface area (Å²) >= 11 is 0. The molecule has 124 valence electrons. The van der Waals surface area contributed by atoms with Gasteiger partial charge in [-0.3, -0.25) is 0 Å². The quantitative estimate of drug-likeness (QED) is 0.321. The normalized spacial score (nSPS) is 13.7. The number of carbonyl (C=O) groups excluding carboxylic acids is 1. The Morgan fingerprint density at radius 3 is 2.38 bits per heavy atom. The number of carboxylic acid groups (broad SMARTS) is 1. The van der Waals surface area contributed by atoms with Gasteiger partial charge in [0.1, 0.15) is 12.6 Å². The number of aliphatic hydroxyl groups excluding tert-OH is 1. The minimum absolute atomic E-state index is 0.137. The van der Waals surface area contributed by atoms with Crippen LogP contribution in [-0.2, 0) is 4.79 Å².